The highest BCUT2D eigenvalue weighted by Gasteiger charge is 2.18. The summed E-state index contributed by atoms with van der Waals surface area (Å²) in [5, 5.41) is 11.9. The Morgan fingerprint density at radius 2 is 1.79 bits per heavy atom. The molecule has 1 unspecified atom stereocenters. The van der Waals surface area contributed by atoms with E-state index in [1.807, 2.05) is 42.8 Å². The van der Waals surface area contributed by atoms with Gasteiger partial charge >= 0.3 is 0 Å². The van der Waals surface area contributed by atoms with E-state index >= 15 is 0 Å². The third-order valence-corrected chi connectivity index (χ3v) is 5.61. The third kappa shape index (κ3) is 5.74. The number of amides is 1. The molecule has 1 atom stereocenters. The Labute approximate surface area is 181 Å². The van der Waals surface area contributed by atoms with Crippen molar-refractivity contribution in [2.75, 3.05) is 18.2 Å². The van der Waals surface area contributed by atoms with Crippen molar-refractivity contribution >= 4 is 39.3 Å². The lowest BCUT2D eigenvalue weighted by Gasteiger charge is -2.14. The zero-order valence-electron chi connectivity index (χ0n) is 16.3. The lowest BCUT2D eigenvalue weighted by atomic mass is 10.3. The molecular weight excluding hydrogens is 456 g/mol. The van der Waals surface area contributed by atoms with E-state index in [4.69, 9.17) is 9.47 Å². The Bertz CT molecular complexity index is 961. The number of ether oxygens (including phenoxy) is 2. The predicted molar refractivity (Wildman–Crippen MR) is 117 cm³/mol. The molecule has 0 radical (unpaired) electrons. The zero-order valence-corrected chi connectivity index (χ0v) is 18.7. The number of hydrogen-bond acceptors (Lipinski definition) is 6. The van der Waals surface area contributed by atoms with E-state index in [1.165, 1.54) is 11.8 Å². The summed E-state index contributed by atoms with van der Waals surface area (Å²) in [6.07, 6.45) is -0.281. The highest BCUT2D eigenvalue weighted by atomic mass is 79.9. The summed E-state index contributed by atoms with van der Waals surface area (Å²) in [7, 11) is 3.46. The number of carbonyl (C=O) groups excluding carboxylic acids is 1. The van der Waals surface area contributed by atoms with Crippen molar-refractivity contribution in [3.05, 3.63) is 58.8 Å². The van der Waals surface area contributed by atoms with E-state index in [2.05, 4.69) is 31.4 Å². The number of anilines is 1. The molecule has 0 aliphatic heterocycles. The van der Waals surface area contributed by atoms with Crippen molar-refractivity contribution in [2.45, 2.75) is 18.2 Å². The van der Waals surface area contributed by atoms with E-state index in [-0.39, 0.29) is 17.8 Å². The minimum atomic E-state index is -0.281. The summed E-state index contributed by atoms with van der Waals surface area (Å²) < 4.78 is 13.9. The number of thioether (sulfide) groups is 1. The minimum absolute atomic E-state index is 0.121. The van der Waals surface area contributed by atoms with Gasteiger partial charge in [-0.3, -0.25) is 4.79 Å². The first kappa shape index (κ1) is 21.2. The summed E-state index contributed by atoms with van der Waals surface area (Å²) in [6.45, 7) is 1.91. The summed E-state index contributed by atoms with van der Waals surface area (Å²) in [5.41, 5.74) is 0.714. The Hall–Kier alpha value is -2.52. The molecule has 7 nitrogen and oxygen atoms in total. The average molecular weight is 477 g/mol. The van der Waals surface area contributed by atoms with Crippen LogP contribution >= 0.6 is 27.7 Å². The van der Waals surface area contributed by atoms with Gasteiger partial charge in [0.1, 0.15) is 11.5 Å². The smallest absolute Gasteiger partial charge is 0.234 e. The molecule has 3 rings (SSSR count). The maximum Gasteiger partial charge on any atom is 0.234 e. The first-order chi connectivity index (χ1) is 14.0. The fourth-order valence-electron chi connectivity index (χ4n) is 2.58. The van der Waals surface area contributed by atoms with Crippen LogP contribution in [0.15, 0.2) is 58.2 Å². The maximum atomic E-state index is 12.2. The molecule has 1 amide bonds. The number of benzene rings is 2. The molecule has 1 N–H and O–H groups in total. The molecule has 152 valence electrons. The van der Waals surface area contributed by atoms with Crippen LogP contribution in [0.1, 0.15) is 18.9 Å². The van der Waals surface area contributed by atoms with Crippen LogP contribution in [-0.2, 0) is 11.8 Å². The molecule has 0 bridgehead atoms. The van der Waals surface area contributed by atoms with Crippen molar-refractivity contribution < 1.29 is 14.3 Å². The molecule has 29 heavy (non-hydrogen) atoms. The number of rotatable bonds is 8. The third-order valence-electron chi connectivity index (χ3n) is 4.06. The van der Waals surface area contributed by atoms with Gasteiger partial charge < -0.3 is 19.4 Å². The second-order valence-corrected chi connectivity index (χ2v) is 8.04. The first-order valence-electron chi connectivity index (χ1n) is 8.84. The first-order valence-corrected chi connectivity index (χ1v) is 10.6. The van der Waals surface area contributed by atoms with Crippen LogP contribution in [-0.4, -0.2) is 33.5 Å². The van der Waals surface area contributed by atoms with Crippen LogP contribution in [0.25, 0.3) is 0 Å². The van der Waals surface area contributed by atoms with Gasteiger partial charge in [-0.15, -0.1) is 10.2 Å². The fourth-order valence-corrected chi connectivity index (χ4v) is 3.56. The molecule has 1 aromatic heterocycles. The van der Waals surface area contributed by atoms with Gasteiger partial charge in [0, 0.05) is 17.2 Å². The number of carbonyl (C=O) groups is 1. The SMILES string of the molecule is COc1ccc(NC(=O)CSc2nnc(C(C)Oc3ccc(Br)cc3)n2C)cc1. The van der Waals surface area contributed by atoms with Crippen LogP contribution < -0.4 is 14.8 Å². The standard InChI is InChI=1S/C20H21BrN4O3S/c1-13(28-17-8-4-14(21)5-9-17)19-23-24-20(25(19)2)29-12-18(26)22-15-6-10-16(27-3)11-7-15/h4-11,13H,12H2,1-3H3,(H,22,26). The van der Waals surface area contributed by atoms with E-state index in [9.17, 15) is 4.79 Å². The second kappa shape index (κ2) is 9.80. The van der Waals surface area contributed by atoms with E-state index in [1.54, 1.807) is 31.4 Å². The Morgan fingerprint density at radius 3 is 2.45 bits per heavy atom. The summed E-state index contributed by atoms with van der Waals surface area (Å²) in [4.78, 5) is 12.2. The van der Waals surface area contributed by atoms with Crippen molar-refractivity contribution in [1.82, 2.24) is 14.8 Å². The van der Waals surface area contributed by atoms with E-state index in [0.29, 0.717) is 16.7 Å². The maximum absolute atomic E-state index is 12.2. The van der Waals surface area contributed by atoms with Gasteiger partial charge in [-0.1, -0.05) is 27.7 Å². The molecule has 0 saturated heterocycles. The largest absolute Gasteiger partial charge is 0.497 e. The van der Waals surface area contributed by atoms with Gasteiger partial charge in [-0.2, -0.15) is 0 Å². The number of halogens is 1. The quantitative estimate of drug-likeness (QED) is 0.483. The molecule has 2 aromatic carbocycles. The molecule has 0 fully saturated rings. The highest BCUT2D eigenvalue weighted by Crippen LogP contribution is 2.25. The lowest BCUT2D eigenvalue weighted by molar-refractivity contribution is -0.113. The van der Waals surface area contributed by atoms with Crippen LogP contribution in [0.3, 0.4) is 0 Å². The topological polar surface area (TPSA) is 78.3 Å². The molecule has 0 aliphatic carbocycles. The van der Waals surface area contributed by atoms with Crippen LogP contribution in [0.4, 0.5) is 5.69 Å². The van der Waals surface area contributed by atoms with Crippen LogP contribution in [0, 0.1) is 0 Å². The van der Waals surface area contributed by atoms with Gasteiger partial charge in [0.2, 0.25) is 5.91 Å². The number of hydrogen-bond donors (Lipinski definition) is 1. The van der Waals surface area contributed by atoms with Crippen molar-refractivity contribution in [3.8, 4) is 11.5 Å². The molecule has 1 heterocycles. The zero-order chi connectivity index (χ0) is 20.8. The van der Waals surface area contributed by atoms with Crippen molar-refractivity contribution in [1.29, 1.82) is 0 Å². The van der Waals surface area contributed by atoms with Gasteiger partial charge in [0.05, 0.1) is 12.9 Å². The lowest BCUT2D eigenvalue weighted by Crippen LogP contribution is -2.14. The molecule has 0 saturated carbocycles. The predicted octanol–water partition coefficient (Wildman–Crippen LogP) is 4.46. The number of nitrogens with zero attached hydrogens (tertiary/aromatic N) is 3. The van der Waals surface area contributed by atoms with Gasteiger partial charge in [-0.05, 0) is 55.5 Å². The Kier molecular flexibility index (Phi) is 7.16. The Balaban J connectivity index is 1.55. The van der Waals surface area contributed by atoms with Gasteiger partial charge in [0.15, 0.2) is 17.1 Å². The second-order valence-electron chi connectivity index (χ2n) is 6.18. The summed E-state index contributed by atoms with van der Waals surface area (Å²) >= 11 is 4.72. The van der Waals surface area contributed by atoms with E-state index in [0.717, 1.165) is 16.0 Å². The summed E-state index contributed by atoms with van der Waals surface area (Å²) in [6, 6.07) is 14.8. The molecule has 3 aromatic rings. The molecule has 0 aliphatic rings. The van der Waals surface area contributed by atoms with Crippen molar-refractivity contribution in [3.63, 3.8) is 0 Å². The fraction of sp³-hybridized carbons (Fsp3) is 0.250. The van der Waals surface area contributed by atoms with Crippen LogP contribution in [0.5, 0.6) is 11.5 Å². The minimum Gasteiger partial charge on any atom is -0.497 e. The van der Waals surface area contributed by atoms with Gasteiger partial charge in [0.25, 0.3) is 0 Å². The number of methoxy groups -OCH3 is 1. The molecule has 0 spiro atoms. The van der Waals surface area contributed by atoms with Crippen molar-refractivity contribution in [2.24, 2.45) is 7.05 Å². The normalized spacial score (nSPS) is 11.7. The average Bonchev–Trinajstić information content (AvgIpc) is 3.09. The van der Waals surface area contributed by atoms with Gasteiger partial charge in [-0.25, -0.2) is 0 Å². The highest BCUT2D eigenvalue weighted by molar-refractivity contribution is 9.10. The molecular formula is C20H21BrN4O3S. The van der Waals surface area contributed by atoms with E-state index < -0.39 is 0 Å². The monoisotopic (exact) mass is 476 g/mol. The number of nitrogens with one attached hydrogen (secondary N) is 1. The summed E-state index contributed by atoms with van der Waals surface area (Å²) in [5.74, 6) is 2.27. The molecule has 9 heteroatoms. The Morgan fingerprint density at radius 1 is 1.14 bits per heavy atom. The van der Waals surface area contributed by atoms with Crippen LogP contribution in [0.2, 0.25) is 0 Å². The number of aromatic nitrogens is 3.